The Kier molecular flexibility index (Phi) is 23.0. The molecule has 0 rings (SSSR count). The van der Waals surface area contributed by atoms with E-state index in [-0.39, 0.29) is 106 Å². The summed E-state index contributed by atoms with van der Waals surface area (Å²) in [5.74, 6) is 0. The van der Waals surface area contributed by atoms with E-state index in [4.69, 9.17) is 9.79 Å². The molecule has 0 aromatic carbocycles. The van der Waals surface area contributed by atoms with Crippen LogP contribution in [-0.2, 0) is 13.4 Å². The topological polar surface area (TPSA) is 83.8 Å². The Hall–Kier alpha value is 3.35. The summed E-state index contributed by atoms with van der Waals surface area (Å²) in [5, 5.41) is 0. The van der Waals surface area contributed by atoms with Gasteiger partial charge in [0.1, 0.15) is 0 Å². The molecule has 0 aliphatic carbocycles. The summed E-state index contributed by atoms with van der Waals surface area (Å²) < 4.78 is 22.2. The number of rotatable bonds is 2. The van der Waals surface area contributed by atoms with Crippen molar-refractivity contribution in [2.75, 3.05) is 0 Å². The smallest absolute Gasteiger partial charge is 1.00 e. The van der Waals surface area contributed by atoms with Gasteiger partial charge in [-0.25, -0.2) is 0 Å². The summed E-state index contributed by atoms with van der Waals surface area (Å²) >= 11 is 0. The third-order valence-corrected chi connectivity index (χ3v) is 1.26. The van der Waals surface area contributed by atoms with Crippen LogP contribution in [0.2, 0.25) is 0 Å². The Morgan fingerprint density at radius 2 is 1.33 bits per heavy atom. The molecule has 0 radical (unpaired) electrons. The van der Waals surface area contributed by atoms with Gasteiger partial charge in [-0.05, 0) is 0 Å². The fraction of sp³-hybridized carbons (Fsp3) is 0. The van der Waals surface area contributed by atoms with Gasteiger partial charge < -0.3 is 2.85 Å². The number of hydrogen-bond acceptors (Lipinski definition) is 3. The second-order valence-electron chi connectivity index (χ2n) is 0.557. The Bertz CT molecular complexity index is 96.7. The van der Waals surface area contributed by atoms with E-state index in [9.17, 15) is 9.13 Å². The van der Waals surface area contributed by atoms with Crippen molar-refractivity contribution in [3.63, 3.8) is 0 Å². The molecule has 0 aliphatic heterocycles. The fourth-order valence-corrected chi connectivity index (χ4v) is 0.538. The minimum Gasteiger partial charge on any atom is -1.00 e. The Morgan fingerprint density at radius 3 is 1.33 bits per heavy atom. The molecule has 0 saturated heterocycles. The van der Waals surface area contributed by atoms with Crippen molar-refractivity contribution in [3.8, 4) is 0 Å². The summed E-state index contributed by atoms with van der Waals surface area (Å²) in [6, 6.07) is 0. The van der Waals surface area contributed by atoms with Gasteiger partial charge in [-0.2, -0.15) is 0 Å². The molecule has 0 bridgehead atoms. The maximum atomic E-state index is 9.39. The Morgan fingerprint density at radius 1 is 1.11 bits per heavy atom. The number of hydrogen-bond donors (Lipinski definition) is 2. The molecule has 0 aromatic rings. The SMILES string of the molecule is O=[P+](O)O[P+](=O)O.[H-].[H-].[K+].[K+]. The average Bonchev–Trinajstić information content (AvgIpc) is 1.27. The van der Waals surface area contributed by atoms with Crippen LogP contribution in [0.3, 0.4) is 0 Å². The zero-order valence-electron chi connectivity index (χ0n) is 7.01. The molecule has 0 heterocycles. The van der Waals surface area contributed by atoms with Crippen molar-refractivity contribution in [2.24, 2.45) is 0 Å². The molecule has 5 nitrogen and oxygen atoms in total. The first kappa shape index (κ1) is 18.2. The molecule has 0 saturated carbocycles. The zero-order valence-corrected chi connectivity index (χ0v) is 13.0. The predicted molar refractivity (Wildman–Crippen MR) is 23.0 cm³/mol. The minimum absolute atomic E-state index is 0. The minimum atomic E-state index is -2.92. The largest absolute Gasteiger partial charge is 1.00 e. The van der Waals surface area contributed by atoms with E-state index in [1.54, 1.807) is 0 Å². The van der Waals surface area contributed by atoms with Gasteiger partial charge in [0.15, 0.2) is 4.31 Å². The first-order valence-corrected chi connectivity index (χ1v) is 3.39. The second-order valence-corrected chi connectivity index (χ2v) is 2.16. The van der Waals surface area contributed by atoms with Crippen molar-refractivity contribution in [3.05, 3.63) is 0 Å². The van der Waals surface area contributed by atoms with Gasteiger partial charge >= 0.3 is 119 Å². The van der Waals surface area contributed by atoms with Crippen molar-refractivity contribution < 1.29 is 129 Å². The monoisotopic (exact) mass is 224 g/mol. The first-order valence-electron chi connectivity index (χ1n) is 1.13. The molecule has 9 heavy (non-hydrogen) atoms. The third kappa shape index (κ3) is 18.4. The summed E-state index contributed by atoms with van der Waals surface area (Å²) in [6.07, 6.45) is 0. The van der Waals surface area contributed by atoms with Gasteiger partial charge in [0.25, 0.3) is 0 Å². The van der Waals surface area contributed by atoms with Crippen molar-refractivity contribution in [2.45, 2.75) is 0 Å². The van der Waals surface area contributed by atoms with Crippen LogP contribution >= 0.6 is 16.5 Å². The van der Waals surface area contributed by atoms with E-state index in [2.05, 4.69) is 4.31 Å². The van der Waals surface area contributed by atoms with Gasteiger partial charge in [-0.3, -0.25) is 0 Å². The average molecular weight is 224 g/mol. The normalized spacial score (nSPS) is 10.4. The van der Waals surface area contributed by atoms with Crippen LogP contribution < -0.4 is 103 Å². The van der Waals surface area contributed by atoms with Crippen LogP contribution in [-0.4, -0.2) is 9.79 Å². The molecule has 0 aliphatic rings. The first-order chi connectivity index (χ1) is 3.13. The van der Waals surface area contributed by atoms with E-state index < -0.39 is 16.5 Å². The van der Waals surface area contributed by atoms with Crippen molar-refractivity contribution in [1.82, 2.24) is 0 Å². The van der Waals surface area contributed by atoms with Crippen LogP contribution in [0, 0.1) is 0 Å². The quantitative estimate of drug-likeness (QED) is 0.361. The van der Waals surface area contributed by atoms with Crippen LogP contribution in [0.5, 0.6) is 0 Å². The molecular formula is H4K2O5P2+2. The van der Waals surface area contributed by atoms with Crippen molar-refractivity contribution >= 4 is 16.5 Å². The third-order valence-electron chi connectivity index (χ3n) is 0.140. The summed E-state index contributed by atoms with van der Waals surface area (Å²) in [4.78, 5) is 15.3. The predicted octanol–water partition coefficient (Wildman–Crippen LogP) is -5.46. The van der Waals surface area contributed by atoms with E-state index in [1.807, 2.05) is 0 Å². The van der Waals surface area contributed by atoms with Gasteiger partial charge in [0.2, 0.25) is 0 Å². The molecule has 2 atom stereocenters. The van der Waals surface area contributed by atoms with Crippen molar-refractivity contribution in [1.29, 1.82) is 0 Å². The second kappa shape index (κ2) is 11.4. The molecule has 44 valence electrons. The fourth-order valence-electron chi connectivity index (χ4n) is 0.0598. The molecule has 0 spiro atoms. The van der Waals surface area contributed by atoms with Crippen LogP contribution in [0.25, 0.3) is 0 Å². The van der Waals surface area contributed by atoms with Crippen LogP contribution in [0.15, 0.2) is 0 Å². The Labute approximate surface area is 142 Å². The molecule has 0 aromatic heterocycles. The maximum Gasteiger partial charge on any atom is 1.00 e. The van der Waals surface area contributed by atoms with Gasteiger partial charge in [-0.15, -0.1) is 9.79 Å². The molecule has 0 fully saturated rings. The van der Waals surface area contributed by atoms with E-state index in [0.717, 1.165) is 0 Å². The standard InChI is InChI=1S/2K.O5P2.2H/c;;1-6(2)5-7(3)4;;/q2*+1;;2*-1/p+2. The van der Waals surface area contributed by atoms with Gasteiger partial charge in [0, 0.05) is 9.13 Å². The Balaban J connectivity index is -0.0000000300. The maximum absolute atomic E-state index is 9.39. The van der Waals surface area contributed by atoms with E-state index in [0.29, 0.717) is 0 Å². The van der Waals surface area contributed by atoms with Crippen LogP contribution in [0.1, 0.15) is 2.85 Å². The van der Waals surface area contributed by atoms with E-state index in [1.165, 1.54) is 0 Å². The summed E-state index contributed by atoms with van der Waals surface area (Å²) in [5.41, 5.74) is 0. The van der Waals surface area contributed by atoms with Crippen LogP contribution in [0.4, 0.5) is 0 Å². The molecule has 2 N–H and O–H groups in total. The van der Waals surface area contributed by atoms with Gasteiger partial charge in [0.05, 0.1) is 0 Å². The molecule has 9 heteroatoms. The summed E-state index contributed by atoms with van der Waals surface area (Å²) in [6.45, 7) is 0. The molecular weight excluding hydrogens is 220 g/mol. The molecule has 2 unspecified atom stereocenters. The summed E-state index contributed by atoms with van der Waals surface area (Å²) in [7, 11) is -5.85. The zero-order chi connectivity index (χ0) is 5.86. The van der Waals surface area contributed by atoms with E-state index >= 15 is 0 Å². The molecule has 0 amide bonds. The van der Waals surface area contributed by atoms with Gasteiger partial charge in [-0.1, -0.05) is 0 Å².